The molecule has 2 heterocycles. The molecule has 19 heavy (non-hydrogen) atoms. The van der Waals surface area contributed by atoms with Gasteiger partial charge in [0, 0.05) is 24.6 Å². The molecule has 0 spiro atoms. The van der Waals surface area contributed by atoms with E-state index in [1.807, 2.05) is 0 Å². The van der Waals surface area contributed by atoms with Gasteiger partial charge in [0.1, 0.15) is 0 Å². The van der Waals surface area contributed by atoms with E-state index in [4.69, 9.17) is 10.6 Å². The Labute approximate surface area is 109 Å². The summed E-state index contributed by atoms with van der Waals surface area (Å²) in [4.78, 5) is 3.77. The zero-order chi connectivity index (χ0) is 13.9. The molecule has 3 N–H and O–H groups in total. The summed E-state index contributed by atoms with van der Waals surface area (Å²) in [6, 6.07) is 0.350. The van der Waals surface area contributed by atoms with Crippen LogP contribution < -0.4 is 11.3 Å². The first-order valence-corrected chi connectivity index (χ1v) is 6.11. The Morgan fingerprint density at radius 2 is 2.32 bits per heavy atom. The monoisotopic (exact) mass is 275 g/mol. The lowest BCUT2D eigenvalue weighted by atomic mass is 9.97. The standard InChI is InChI=1S/C12H16F3N3O/c13-12(14,15)10-3-4-17-7-9(10)11(18-16)6-8-2-1-5-19-8/h3-4,7-8,11,18H,1-2,5-6,16H2. The van der Waals surface area contributed by atoms with E-state index in [9.17, 15) is 13.2 Å². The van der Waals surface area contributed by atoms with Gasteiger partial charge < -0.3 is 4.74 Å². The highest BCUT2D eigenvalue weighted by Crippen LogP contribution is 2.35. The quantitative estimate of drug-likeness (QED) is 0.653. The van der Waals surface area contributed by atoms with E-state index in [0.717, 1.165) is 25.1 Å². The minimum absolute atomic E-state index is 0.0534. The number of aromatic nitrogens is 1. The number of hydrazine groups is 1. The molecule has 0 radical (unpaired) electrons. The van der Waals surface area contributed by atoms with Crippen molar-refractivity contribution in [3.05, 3.63) is 29.6 Å². The second-order valence-electron chi connectivity index (χ2n) is 4.55. The third-order valence-electron chi connectivity index (χ3n) is 3.26. The Bertz CT molecular complexity index is 419. The lowest BCUT2D eigenvalue weighted by molar-refractivity contribution is -0.138. The van der Waals surface area contributed by atoms with Crippen LogP contribution in [-0.4, -0.2) is 17.7 Å². The molecule has 1 aromatic rings. The summed E-state index contributed by atoms with van der Waals surface area (Å²) in [5.74, 6) is 5.39. The molecule has 7 heteroatoms. The highest BCUT2D eigenvalue weighted by molar-refractivity contribution is 5.29. The largest absolute Gasteiger partial charge is 0.416 e. The molecule has 4 nitrogen and oxygen atoms in total. The van der Waals surface area contributed by atoms with Gasteiger partial charge >= 0.3 is 6.18 Å². The summed E-state index contributed by atoms with van der Waals surface area (Å²) < 4.78 is 44.2. The maximum atomic E-state index is 12.9. The first kappa shape index (κ1) is 14.2. The number of rotatable bonds is 4. The first-order valence-electron chi connectivity index (χ1n) is 6.11. The van der Waals surface area contributed by atoms with Crippen LogP contribution in [0, 0.1) is 0 Å². The molecule has 2 atom stereocenters. The summed E-state index contributed by atoms with van der Waals surface area (Å²) in [6.07, 6.45) is 0.0621. The maximum Gasteiger partial charge on any atom is 0.416 e. The van der Waals surface area contributed by atoms with Crippen LogP contribution in [0.15, 0.2) is 18.5 Å². The van der Waals surface area contributed by atoms with Crippen molar-refractivity contribution in [3.63, 3.8) is 0 Å². The van der Waals surface area contributed by atoms with E-state index < -0.39 is 17.8 Å². The van der Waals surface area contributed by atoms with E-state index in [2.05, 4.69) is 10.4 Å². The van der Waals surface area contributed by atoms with Crippen molar-refractivity contribution in [1.29, 1.82) is 0 Å². The number of nitrogens with two attached hydrogens (primary N) is 1. The predicted octanol–water partition coefficient (Wildman–Crippen LogP) is 2.17. The van der Waals surface area contributed by atoms with Crippen molar-refractivity contribution in [2.75, 3.05) is 6.61 Å². The Morgan fingerprint density at radius 1 is 1.53 bits per heavy atom. The van der Waals surface area contributed by atoms with Crippen LogP contribution in [0.3, 0.4) is 0 Å². The van der Waals surface area contributed by atoms with E-state index in [1.165, 1.54) is 6.20 Å². The van der Waals surface area contributed by atoms with Crippen LogP contribution in [0.2, 0.25) is 0 Å². The molecule has 0 amide bonds. The zero-order valence-corrected chi connectivity index (χ0v) is 10.3. The molecule has 1 fully saturated rings. The Hall–Kier alpha value is -1.18. The number of nitrogens with zero attached hydrogens (tertiary/aromatic N) is 1. The molecular weight excluding hydrogens is 259 g/mol. The summed E-state index contributed by atoms with van der Waals surface area (Å²) in [6.45, 7) is 0.654. The minimum atomic E-state index is -4.41. The summed E-state index contributed by atoms with van der Waals surface area (Å²) in [5.41, 5.74) is 1.80. The van der Waals surface area contributed by atoms with E-state index in [-0.39, 0.29) is 11.7 Å². The number of hydrogen-bond donors (Lipinski definition) is 2. The normalized spacial score (nSPS) is 21.6. The van der Waals surface area contributed by atoms with Crippen LogP contribution >= 0.6 is 0 Å². The Balaban J connectivity index is 2.22. The van der Waals surface area contributed by atoms with Gasteiger partial charge in [-0.25, -0.2) is 0 Å². The summed E-state index contributed by atoms with van der Waals surface area (Å²) in [5, 5.41) is 0. The second kappa shape index (κ2) is 5.85. The third kappa shape index (κ3) is 3.43. The molecule has 0 bridgehead atoms. The highest BCUT2D eigenvalue weighted by Gasteiger charge is 2.35. The molecule has 2 rings (SSSR count). The zero-order valence-electron chi connectivity index (χ0n) is 10.3. The molecule has 106 valence electrons. The Kier molecular flexibility index (Phi) is 4.38. The summed E-state index contributed by atoms with van der Waals surface area (Å²) in [7, 11) is 0. The second-order valence-corrected chi connectivity index (χ2v) is 4.55. The van der Waals surface area contributed by atoms with Gasteiger partial charge in [-0.1, -0.05) is 0 Å². The van der Waals surface area contributed by atoms with E-state index in [1.54, 1.807) is 0 Å². The molecule has 0 aliphatic carbocycles. The molecule has 1 aliphatic heterocycles. The predicted molar refractivity (Wildman–Crippen MR) is 62.9 cm³/mol. The van der Waals surface area contributed by atoms with Crippen LogP contribution in [-0.2, 0) is 10.9 Å². The fraction of sp³-hybridized carbons (Fsp3) is 0.583. The SMILES string of the molecule is NNC(CC1CCCO1)c1cnccc1C(F)(F)F. The fourth-order valence-electron chi connectivity index (χ4n) is 2.32. The number of alkyl halides is 3. The molecular formula is C12H16F3N3O. The lowest BCUT2D eigenvalue weighted by Gasteiger charge is -2.22. The molecule has 0 saturated carbocycles. The van der Waals surface area contributed by atoms with Gasteiger partial charge in [0.25, 0.3) is 0 Å². The van der Waals surface area contributed by atoms with Crippen LogP contribution in [0.25, 0.3) is 0 Å². The number of hydrogen-bond acceptors (Lipinski definition) is 4. The van der Waals surface area contributed by atoms with Crippen molar-refractivity contribution >= 4 is 0 Å². The van der Waals surface area contributed by atoms with Crippen molar-refractivity contribution in [3.8, 4) is 0 Å². The third-order valence-corrected chi connectivity index (χ3v) is 3.26. The van der Waals surface area contributed by atoms with Gasteiger partial charge in [-0.15, -0.1) is 0 Å². The van der Waals surface area contributed by atoms with Gasteiger partial charge in [0.15, 0.2) is 0 Å². The van der Waals surface area contributed by atoms with Crippen LogP contribution in [0.1, 0.15) is 36.4 Å². The van der Waals surface area contributed by atoms with Gasteiger partial charge in [0.2, 0.25) is 0 Å². The number of pyridine rings is 1. The molecule has 1 aromatic heterocycles. The van der Waals surface area contributed by atoms with Gasteiger partial charge in [-0.2, -0.15) is 13.2 Å². The van der Waals surface area contributed by atoms with Gasteiger partial charge in [0.05, 0.1) is 17.7 Å². The van der Waals surface area contributed by atoms with Crippen molar-refractivity contribution in [2.45, 2.75) is 37.6 Å². The summed E-state index contributed by atoms with van der Waals surface area (Å²) >= 11 is 0. The molecule has 1 saturated heterocycles. The minimum Gasteiger partial charge on any atom is -0.378 e. The number of halogens is 3. The topological polar surface area (TPSA) is 60.2 Å². The maximum absolute atomic E-state index is 12.9. The van der Waals surface area contributed by atoms with Gasteiger partial charge in [-0.3, -0.25) is 16.3 Å². The Morgan fingerprint density at radius 3 is 2.89 bits per heavy atom. The molecule has 1 aliphatic rings. The number of nitrogens with one attached hydrogen (secondary N) is 1. The smallest absolute Gasteiger partial charge is 0.378 e. The van der Waals surface area contributed by atoms with Crippen molar-refractivity contribution in [1.82, 2.24) is 10.4 Å². The molecule has 0 aromatic carbocycles. The van der Waals surface area contributed by atoms with Crippen LogP contribution in [0.4, 0.5) is 13.2 Å². The molecule has 2 unspecified atom stereocenters. The average Bonchev–Trinajstić information content (AvgIpc) is 2.88. The van der Waals surface area contributed by atoms with E-state index in [0.29, 0.717) is 13.0 Å². The fourth-order valence-corrected chi connectivity index (χ4v) is 2.32. The van der Waals surface area contributed by atoms with E-state index >= 15 is 0 Å². The van der Waals surface area contributed by atoms with Crippen molar-refractivity contribution < 1.29 is 17.9 Å². The average molecular weight is 275 g/mol. The number of ether oxygens (including phenoxy) is 1. The highest BCUT2D eigenvalue weighted by atomic mass is 19.4. The first-order chi connectivity index (χ1) is 9.02. The van der Waals surface area contributed by atoms with Gasteiger partial charge in [-0.05, 0) is 25.3 Å². The lowest BCUT2D eigenvalue weighted by Crippen LogP contribution is -2.32. The van der Waals surface area contributed by atoms with Crippen LogP contribution in [0.5, 0.6) is 0 Å². The van der Waals surface area contributed by atoms with Crippen molar-refractivity contribution in [2.24, 2.45) is 5.84 Å².